The van der Waals surface area contributed by atoms with Gasteiger partial charge < -0.3 is 10.2 Å². The fourth-order valence-electron chi connectivity index (χ4n) is 5.02. The second-order valence-corrected chi connectivity index (χ2v) is 9.75. The van der Waals surface area contributed by atoms with E-state index in [9.17, 15) is 24.6 Å². The number of fused-ring (bicyclic) bond motifs is 1. The van der Waals surface area contributed by atoms with Gasteiger partial charge in [-0.05, 0) is 44.0 Å². The summed E-state index contributed by atoms with van der Waals surface area (Å²) in [4.78, 5) is 41.0. The largest absolute Gasteiger partial charge is 0.508 e. The molecule has 0 radical (unpaired) electrons. The molecule has 2 heterocycles. The second kappa shape index (κ2) is 8.15. The van der Waals surface area contributed by atoms with Gasteiger partial charge in [0, 0.05) is 18.0 Å². The quantitative estimate of drug-likeness (QED) is 0.608. The number of carbonyl (C=O) groups excluding carboxylic acids is 2. The van der Waals surface area contributed by atoms with Crippen molar-refractivity contribution in [1.29, 1.82) is 0 Å². The van der Waals surface area contributed by atoms with Crippen molar-refractivity contribution in [2.75, 3.05) is 0 Å². The number of benzene rings is 2. The molecule has 0 spiro atoms. The minimum absolute atomic E-state index is 0.00351. The first-order valence-electron chi connectivity index (χ1n) is 10.9. The maximum absolute atomic E-state index is 13.6. The molecular weight excluding hydrogens is 420 g/mol. The average Bonchev–Trinajstić information content (AvgIpc) is 3.23. The van der Waals surface area contributed by atoms with Gasteiger partial charge in [0.1, 0.15) is 11.3 Å². The zero-order valence-electron chi connectivity index (χ0n) is 18.9. The number of amides is 2. The summed E-state index contributed by atoms with van der Waals surface area (Å²) >= 11 is 0. The van der Waals surface area contributed by atoms with E-state index in [1.807, 2.05) is 36.4 Å². The number of aromatic hydroxyl groups is 1. The molecule has 7 heteroatoms. The lowest BCUT2D eigenvalue weighted by atomic mass is 9.76. The number of likely N-dealkylation sites (tertiary alicyclic amines) is 1. The van der Waals surface area contributed by atoms with Crippen LogP contribution in [0, 0.1) is 11.8 Å². The third-order valence-electron chi connectivity index (χ3n) is 6.46. The van der Waals surface area contributed by atoms with Crippen LogP contribution >= 0.6 is 0 Å². The van der Waals surface area contributed by atoms with E-state index < -0.39 is 40.8 Å². The van der Waals surface area contributed by atoms with E-state index in [1.165, 1.54) is 17.0 Å². The summed E-state index contributed by atoms with van der Waals surface area (Å²) in [6.45, 7) is 5.32. The van der Waals surface area contributed by atoms with Gasteiger partial charge in [0.25, 0.3) is 0 Å². The van der Waals surface area contributed by atoms with Crippen molar-refractivity contribution in [1.82, 2.24) is 10.2 Å². The number of nitrogens with zero attached hydrogens (tertiary/aromatic N) is 1. The summed E-state index contributed by atoms with van der Waals surface area (Å²) in [5.74, 6) is -3.83. The summed E-state index contributed by atoms with van der Waals surface area (Å²) in [6.07, 6.45) is 3.62. The molecule has 2 saturated heterocycles. The Morgan fingerprint density at radius 2 is 1.70 bits per heavy atom. The molecule has 172 valence electrons. The minimum atomic E-state index is -1.67. The highest BCUT2D eigenvalue weighted by molar-refractivity contribution is 6.10. The van der Waals surface area contributed by atoms with Gasteiger partial charge in [0.15, 0.2) is 0 Å². The zero-order valence-corrected chi connectivity index (χ0v) is 18.9. The molecule has 0 aliphatic carbocycles. The van der Waals surface area contributed by atoms with Crippen LogP contribution < -0.4 is 5.32 Å². The molecule has 7 nitrogen and oxygen atoms in total. The van der Waals surface area contributed by atoms with Crippen LogP contribution in [-0.4, -0.2) is 50.0 Å². The Morgan fingerprint density at radius 3 is 2.27 bits per heavy atom. The van der Waals surface area contributed by atoms with Crippen molar-refractivity contribution in [2.24, 2.45) is 11.8 Å². The molecule has 0 aromatic heterocycles. The number of carbonyl (C=O) groups is 3. The lowest BCUT2D eigenvalue weighted by Crippen LogP contribution is -2.59. The van der Waals surface area contributed by atoms with Crippen LogP contribution in [0.5, 0.6) is 5.75 Å². The summed E-state index contributed by atoms with van der Waals surface area (Å²) in [6, 6.07) is 15.1. The number of phenols is 1. The Labute approximate surface area is 192 Å². The van der Waals surface area contributed by atoms with E-state index in [0.29, 0.717) is 5.56 Å². The van der Waals surface area contributed by atoms with Crippen LogP contribution in [0.3, 0.4) is 0 Å². The fraction of sp³-hybridized carbons (Fsp3) is 0.346. The molecule has 0 bridgehead atoms. The van der Waals surface area contributed by atoms with Crippen molar-refractivity contribution < 1.29 is 24.6 Å². The molecule has 3 N–H and O–H groups in total. The zero-order chi connectivity index (χ0) is 24.0. The minimum Gasteiger partial charge on any atom is -0.508 e. The third-order valence-corrected chi connectivity index (χ3v) is 6.46. The van der Waals surface area contributed by atoms with Gasteiger partial charge in [-0.15, -0.1) is 0 Å². The molecule has 0 saturated carbocycles. The Hall–Kier alpha value is -3.45. The standard InChI is InChI=1S/C26H28N2O5/c1-25(2,3)28-22(30)20-19(14-11-16-7-5-4-6-8-16)27-26(24(32)33,21(20)23(28)31)15-17-9-12-18(29)13-10-17/h4-14,19-21,27,29H,15H2,1-3H3,(H,32,33). The summed E-state index contributed by atoms with van der Waals surface area (Å²) in [5.41, 5.74) is -0.884. The molecule has 4 rings (SSSR count). The third kappa shape index (κ3) is 3.93. The first kappa shape index (κ1) is 22.7. The number of carboxylic acids is 1. The van der Waals surface area contributed by atoms with Crippen molar-refractivity contribution in [3.05, 3.63) is 71.8 Å². The number of phenolic OH excluding ortho intramolecular Hbond substituents is 1. The SMILES string of the molecule is CC(C)(C)N1C(=O)C2C(C=Cc3ccccc3)NC(Cc3ccc(O)cc3)(C(=O)O)C2C1=O. The van der Waals surface area contributed by atoms with Crippen LogP contribution in [0.15, 0.2) is 60.7 Å². The van der Waals surface area contributed by atoms with Crippen LogP contribution in [-0.2, 0) is 20.8 Å². The van der Waals surface area contributed by atoms with Gasteiger partial charge in [-0.2, -0.15) is 0 Å². The fourth-order valence-corrected chi connectivity index (χ4v) is 5.02. The molecule has 2 fully saturated rings. The maximum Gasteiger partial charge on any atom is 0.325 e. The molecule has 2 aliphatic rings. The predicted octanol–water partition coefficient (Wildman–Crippen LogP) is 2.84. The van der Waals surface area contributed by atoms with Crippen molar-refractivity contribution >= 4 is 23.9 Å². The van der Waals surface area contributed by atoms with E-state index in [1.54, 1.807) is 39.0 Å². The highest BCUT2D eigenvalue weighted by Gasteiger charge is 2.68. The van der Waals surface area contributed by atoms with Crippen molar-refractivity contribution in [3.8, 4) is 5.75 Å². The van der Waals surface area contributed by atoms with Crippen LogP contribution in [0.4, 0.5) is 0 Å². The van der Waals surface area contributed by atoms with E-state index >= 15 is 0 Å². The molecule has 2 aliphatic heterocycles. The molecule has 4 atom stereocenters. The molecule has 4 unspecified atom stereocenters. The van der Waals surface area contributed by atoms with Crippen LogP contribution in [0.25, 0.3) is 6.08 Å². The molecule has 33 heavy (non-hydrogen) atoms. The molecule has 2 amide bonds. The maximum atomic E-state index is 13.6. The first-order valence-corrected chi connectivity index (χ1v) is 10.9. The highest BCUT2D eigenvalue weighted by atomic mass is 16.4. The Bertz CT molecular complexity index is 1100. The lowest BCUT2D eigenvalue weighted by Gasteiger charge is -2.35. The van der Waals surface area contributed by atoms with E-state index in [-0.39, 0.29) is 18.1 Å². The van der Waals surface area contributed by atoms with Gasteiger partial charge in [0.2, 0.25) is 11.8 Å². The van der Waals surface area contributed by atoms with Gasteiger partial charge >= 0.3 is 5.97 Å². The predicted molar refractivity (Wildman–Crippen MR) is 123 cm³/mol. The van der Waals surface area contributed by atoms with E-state index in [4.69, 9.17) is 0 Å². The Balaban J connectivity index is 1.80. The molecular formula is C26H28N2O5. The summed E-state index contributed by atoms with van der Waals surface area (Å²) in [7, 11) is 0. The molecule has 2 aromatic rings. The van der Waals surface area contributed by atoms with Crippen molar-refractivity contribution in [3.63, 3.8) is 0 Å². The summed E-state index contributed by atoms with van der Waals surface area (Å²) in [5, 5.41) is 23.2. The van der Waals surface area contributed by atoms with E-state index in [0.717, 1.165) is 5.56 Å². The number of hydrogen-bond acceptors (Lipinski definition) is 5. The number of carboxylic acid groups (broad SMARTS) is 1. The number of hydrogen-bond donors (Lipinski definition) is 3. The number of imide groups is 1. The van der Waals surface area contributed by atoms with Gasteiger partial charge in [-0.3, -0.25) is 24.6 Å². The first-order chi connectivity index (χ1) is 15.5. The normalized spacial score (nSPS) is 27.4. The van der Waals surface area contributed by atoms with E-state index in [2.05, 4.69) is 5.32 Å². The van der Waals surface area contributed by atoms with Crippen LogP contribution in [0.1, 0.15) is 31.9 Å². The average molecular weight is 449 g/mol. The smallest absolute Gasteiger partial charge is 0.325 e. The molecule has 2 aromatic carbocycles. The van der Waals surface area contributed by atoms with Crippen LogP contribution in [0.2, 0.25) is 0 Å². The van der Waals surface area contributed by atoms with Gasteiger partial charge in [-0.1, -0.05) is 54.6 Å². The summed E-state index contributed by atoms with van der Waals surface area (Å²) < 4.78 is 0. The second-order valence-electron chi connectivity index (χ2n) is 9.75. The Morgan fingerprint density at radius 1 is 1.06 bits per heavy atom. The van der Waals surface area contributed by atoms with Gasteiger partial charge in [-0.25, -0.2) is 0 Å². The Kier molecular flexibility index (Phi) is 5.62. The number of rotatable bonds is 5. The highest BCUT2D eigenvalue weighted by Crippen LogP contribution is 2.47. The monoisotopic (exact) mass is 448 g/mol. The number of nitrogens with one attached hydrogen (secondary N) is 1. The van der Waals surface area contributed by atoms with Crippen molar-refractivity contribution in [2.45, 2.75) is 44.3 Å². The number of aliphatic carboxylic acids is 1. The topological polar surface area (TPSA) is 107 Å². The van der Waals surface area contributed by atoms with Gasteiger partial charge in [0.05, 0.1) is 11.8 Å². The lowest BCUT2D eigenvalue weighted by molar-refractivity contribution is -0.153.